The van der Waals surface area contributed by atoms with Crippen LogP contribution in [0, 0.1) is 56.0 Å². The van der Waals surface area contributed by atoms with Gasteiger partial charge >= 0.3 is 12.3 Å². The first-order valence-corrected chi connectivity index (χ1v) is 39.9. The Balaban J connectivity index is 0.000000880. The van der Waals surface area contributed by atoms with E-state index in [0.717, 1.165) is 24.3 Å². The van der Waals surface area contributed by atoms with Gasteiger partial charge in [0.25, 0.3) is 47.8 Å². The van der Waals surface area contributed by atoms with E-state index >= 15 is 0 Å². The highest BCUT2D eigenvalue weighted by Gasteiger charge is 2.49. The van der Waals surface area contributed by atoms with E-state index in [1.165, 1.54) is 104 Å². The average Bonchev–Trinajstić information content (AvgIpc) is 0.804. The molecule has 0 aliphatic heterocycles. The molecule has 0 radical (unpaired) electrons. The maximum atomic E-state index is 14.4. The topological polar surface area (TPSA) is 332 Å². The Hall–Kier alpha value is -10.9. The Bertz CT molecular complexity index is 5290. The van der Waals surface area contributed by atoms with E-state index in [4.69, 9.17) is 33.2 Å². The quantitative estimate of drug-likeness (QED) is 0.0268. The maximum Gasteiger partial charge on any atom is 0.343 e. The number of hydrogen-bond donors (Lipinski definition) is 3. The summed E-state index contributed by atoms with van der Waals surface area (Å²) in [6.45, 7) is 27.6. The molecule has 6 heterocycles. The van der Waals surface area contributed by atoms with Crippen LogP contribution in [0.3, 0.4) is 0 Å². The van der Waals surface area contributed by atoms with Crippen LogP contribution in [0.4, 0.5) is 30.7 Å². The highest BCUT2D eigenvalue weighted by molar-refractivity contribution is 7.90. The van der Waals surface area contributed by atoms with Gasteiger partial charge in [-0.05, 0) is 189 Å². The number of aromatic nitrogens is 6. The minimum atomic E-state index is -4.65. The molecule has 1 unspecified atom stereocenters. The zero-order chi connectivity index (χ0) is 84.4. The van der Waals surface area contributed by atoms with Crippen molar-refractivity contribution in [3.05, 3.63) is 197 Å². The summed E-state index contributed by atoms with van der Waals surface area (Å²) in [5, 5.41) is -1.08. The Labute approximate surface area is 666 Å². The normalized spacial score (nSPS) is 12.1. The fourth-order valence-electron chi connectivity index (χ4n) is 9.61. The summed E-state index contributed by atoms with van der Waals surface area (Å²) >= 11 is 0. The third-order valence-corrected chi connectivity index (χ3v) is 18.7. The number of hydrogen-bond acceptors (Lipinski definition) is 22. The number of benzene rings is 3. The smallest absolute Gasteiger partial charge is 0.343 e. The number of amides is 3. The van der Waals surface area contributed by atoms with Crippen LogP contribution in [0.15, 0.2) is 161 Å². The standard InChI is InChI=1S/C28H34FN3O6S.C26H26F5N3O5S.C25H28FN3O5S.6H2/c1-18(2)17-37-22-15-20(14-21(29)16-22)24-11-10-23(27(31-24)36-12-13-38-28(4,5)6)26(33)32-39(34,35)25-9-7-8-19(3)30-25;1-14(2)13-38-19-11-17(10-18(27)12-19)21-9-8-20(24(33-21)39-16(4)26(30,31)25(28)29)23(35)34-40(36,37)22-7-5-6-15(3)32-22;1-15(2)14-33-20-12-18(11-19(26)13-20)22-10-9-21(25(28-22)34-16(3)4)24(30)29-35(31,32)23-8-6-7-17(5)27-23;;;;;;/h7-11,14-16,18H,12-13,17H2,1-6H3,(H,32,33);5-12,14,16,25H,13H2,1-4H3,(H,34,35);6-13,15-16H,14H2,1-5H3,(H,29,30);6*1H. The number of halogens is 7. The summed E-state index contributed by atoms with van der Waals surface area (Å²) in [6, 6.07) is 32.8. The van der Waals surface area contributed by atoms with Crippen LogP contribution in [0.2, 0.25) is 0 Å². The molecular formula is C79H100F7N9O16S3. The van der Waals surface area contributed by atoms with E-state index in [1.807, 2.05) is 71.8 Å². The molecule has 35 heteroatoms. The molecule has 0 fully saturated rings. The number of nitrogens with zero attached hydrogens (tertiary/aromatic N) is 6. The molecule has 9 aromatic rings. The van der Waals surface area contributed by atoms with Crippen molar-refractivity contribution in [3.63, 3.8) is 0 Å². The lowest BCUT2D eigenvalue weighted by molar-refractivity contribution is -0.179. The van der Waals surface area contributed by atoms with Gasteiger partial charge < -0.3 is 33.2 Å². The molecule has 0 saturated heterocycles. The molecule has 3 N–H and O–H groups in total. The molecule has 0 bridgehead atoms. The molecule has 624 valence electrons. The van der Waals surface area contributed by atoms with Crippen molar-refractivity contribution in [2.45, 2.75) is 149 Å². The second kappa shape index (κ2) is 39.2. The number of nitrogens with one attached hydrogen (secondary N) is 3. The SMILES string of the molecule is Cc1cccc(S(=O)(=O)NC(=O)c2ccc(-c3cc(F)cc(OCC(C)C)c3)nc2OC(C)C(F)(F)C(F)F)n1.Cc1cccc(S(=O)(=O)NC(=O)c2ccc(-c3cc(F)cc(OCC(C)C)c3)nc2OC(C)C)n1.Cc1cccc(S(=O)(=O)NC(=O)c2ccc(-c3cc(F)cc(OCC(C)C)c3)nc2OCCOC(C)(C)C)n1.[HH].[HH].[HH].[HH].[HH].[HH]. The van der Waals surface area contributed by atoms with E-state index < -0.39 is 106 Å². The Morgan fingerprint density at radius 3 is 1.04 bits per heavy atom. The van der Waals surface area contributed by atoms with Gasteiger partial charge in [0.2, 0.25) is 17.6 Å². The van der Waals surface area contributed by atoms with Crippen molar-refractivity contribution >= 4 is 47.8 Å². The summed E-state index contributed by atoms with van der Waals surface area (Å²) in [5.41, 5.74) is 1.43. The third kappa shape index (κ3) is 26.9. The highest BCUT2D eigenvalue weighted by atomic mass is 32.2. The van der Waals surface area contributed by atoms with Crippen LogP contribution < -0.4 is 42.6 Å². The Kier molecular flexibility index (Phi) is 31.1. The van der Waals surface area contributed by atoms with Crippen LogP contribution in [-0.2, 0) is 34.8 Å². The first-order valence-electron chi connectivity index (χ1n) is 35.4. The molecule has 6 aromatic heterocycles. The van der Waals surface area contributed by atoms with Gasteiger partial charge in [0.05, 0.1) is 55.2 Å². The second-order valence-electron chi connectivity index (χ2n) is 28.2. The first kappa shape index (κ1) is 90.3. The molecule has 9 rings (SSSR count). The summed E-state index contributed by atoms with van der Waals surface area (Å²) in [4.78, 5) is 63.5. The summed E-state index contributed by atoms with van der Waals surface area (Å²) < 4.78 is 218. The zero-order valence-electron chi connectivity index (χ0n) is 64.9. The second-order valence-corrected chi connectivity index (χ2v) is 33.0. The predicted octanol–water partition coefficient (Wildman–Crippen LogP) is 16.4. The molecule has 3 aromatic carbocycles. The molecule has 0 spiro atoms. The van der Waals surface area contributed by atoms with Gasteiger partial charge in [-0.3, -0.25) is 14.4 Å². The fraction of sp³-hybridized carbons (Fsp3) is 0.354. The van der Waals surface area contributed by atoms with Gasteiger partial charge in [0.15, 0.2) is 21.2 Å². The average molecular weight is 1660 g/mol. The number of carbonyl (C=O) groups is 3. The molecule has 0 aliphatic carbocycles. The van der Waals surface area contributed by atoms with Gasteiger partial charge in [-0.1, -0.05) is 59.7 Å². The van der Waals surface area contributed by atoms with Gasteiger partial charge in [-0.25, -0.2) is 66.0 Å². The minimum Gasteiger partial charge on any atom is -0.493 e. The molecule has 0 saturated carbocycles. The molecule has 0 aliphatic rings. The number of sulfonamides is 3. The molecule has 114 heavy (non-hydrogen) atoms. The van der Waals surface area contributed by atoms with Crippen molar-refractivity contribution in [2.75, 3.05) is 33.0 Å². The maximum absolute atomic E-state index is 14.4. The third-order valence-electron chi connectivity index (χ3n) is 15.0. The number of alkyl halides is 4. The highest BCUT2D eigenvalue weighted by Crippen LogP contribution is 2.35. The number of ether oxygens (including phenoxy) is 7. The van der Waals surface area contributed by atoms with Crippen LogP contribution in [0.5, 0.6) is 34.9 Å². The van der Waals surface area contributed by atoms with Crippen molar-refractivity contribution < 1.29 is 112 Å². The van der Waals surface area contributed by atoms with E-state index in [0.29, 0.717) is 71.2 Å². The van der Waals surface area contributed by atoms with Crippen LogP contribution in [0.25, 0.3) is 33.8 Å². The molecule has 3 amide bonds. The number of aryl methyl sites for hydroxylation is 3. The van der Waals surface area contributed by atoms with E-state index in [9.17, 15) is 70.4 Å². The molecular weight excluding hydrogens is 1560 g/mol. The molecule has 1 atom stereocenters. The lowest BCUT2D eigenvalue weighted by Gasteiger charge is -2.24. The van der Waals surface area contributed by atoms with Crippen LogP contribution in [0.1, 0.15) is 140 Å². The van der Waals surface area contributed by atoms with Crippen molar-refractivity contribution in [1.29, 1.82) is 0 Å². The van der Waals surface area contributed by atoms with Gasteiger partial charge in [-0.15, -0.1) is 0 Å². The van der Waals surface area contributed by atoms with Crippen molar-refractivity contribution in [2.24, 2.45) is 17.8 Å². The Morgan fingerprint density at radius 1 is 0.421 bits per heavy atom. The van der Waals surface area contributed by atoms with E-state index in [2.05, 4.69) is 29.9 Å². The number of pyridine rings is 6. The summed E-state index contributed by atoms with van der Waals surface area (Å²) in [6.07, 6.45) is -6.97. The largest absolute Gasteiger partial charge is 0.493 e. The lowest BCUT2D eigenvalue weighted by atomic mass is 10.1. The van der Waals surface area contributed by atoms with E-state index in [1.54, 1.807) is 56.7 Å². The number of rotatable bonds is 31. The number of carbonyl (C=O) groups excluding carboxylic acids is 3. The van der Waals surface area contributed by atoms with Gasteiger partial charge in [0.1, 0.15) is 58.0 Å². The van der Waals surface area contributed by atoms with E-state index in [-0.39, 0.29) is 102 Å². The fourth-order valence-corrected chi connectivity index (χ4v) is 12.5. The first-order chi connectivity index (χ1) is 53.3. The van der Waals surface area contributed by atoms with Gasteiger partial charge in [0, 0.05) is 60.5 Å². The van der Waals surface area contributed by atoms with Crippen molar-refractivity contribution in [3.8, 4) is 68.7 Å². The zero-order valence-corrected chi connectivity index (χ0v) is 67.4. The summed E-state index contributed by atoms with van der Waals surface area (Å²) in [5.74, 6) is -9.32. The monoisotopic (exact) mass is 1660 g/mol. The van der Waals surface area contributed by atoms with Crippen LogP contribution >= 0.6 is 0 Å². The summed E-state index contributed by atoms with van der Waals surface area (Å²) in [7, 11) is -13.0. The van der Waals surface area contributed by atoms with Gasteiger partial charge in [-0.2, -0.15) is 34.0 Å². The lowest BCUT2D eigenvalue weighted by Crippen LogP contribution is -2.42. The molecule has 25 nitrogen and oxygen atoms in total. The van der Waals surface area contributed by atoms with Crippen LogP contribution in [-0.4, -0.2) is 136 Å². The minimum absolute atomic E-state index is 0. The van der Waals surface area contributed by atoms with Crippen molar-refractivity contribution in [1.82, 2.24) is 44.1 Å². The predicted molar refractivity (Wildman–Crippen MR) is 421 cm³/mol. The Morgan fingerprint density at radius 2 is 0.737 bits per heavy atom.